The number of carbonyl (C=O) groups excluding carboxylic acids is 3. The van der Waals surface area contributed by atoms with Crippen molar-refractivity contribution in [1.82, 2.24) is 15.5 Å². The summed E-state index contributed by atoms with van der Waals surface area (Å²) in [5.41, 5.74) is 1.48. The molecular formula is C20H25N3O3S. The number of nitrogens with one attached hydrogen (secondary N) is 2. The molecule has 0 aliphatic rings. The van der Waals surface area contributed by atoms with E-state index >= 15 is 0 Å². The Kier molecular flexibility index (Phi) is 7.12. The van der Waals surface area contributed by atoms with Gasteiger partial charge in [-0.2, -0.15) is 0 Å². The van der Waals surface area contributed by atoms with Crippen LogP contribution in [-0.2, 0) is 11.3 Å². The zero-order valence-electron chi connectivity index (χ0n) is 16.0. The van der Waals surface area contributed by atoms with Crippen molar-refractivity contribution in [2.24, 2.45) is 5.92 Å². The molecule has 2 N–H and O–H groups in total. The summed E-state index contributed by atoms with van der Waals surface area (Å²) in [5, 5.41) is 7.48. The van der Waals surface area contributed by atoms with Crippen molar-refractivity contribution in [2.75, 3.05) is 14.1 Å². The van der Waals surface area contributed by atoms with Gasteiger partial charge in [0, 0.05) is 26.2 Å². The molecule has 1 unspecified atom stereocenters. The summed E-state index contributed by atoms with van der Waals surface area (Å²) < 4.78 is 0. The minimum absolute atomic E-state index is 0.0472. The van der Waals surface area contributed by atoms with Gasteiger partial charge in [0.25, 0.3) is 11.8 Å². The zero-order chi connectivity index (χ0) is 20.0. The standard InChI is InChI=1S/C20H25N3O3S/c1-13(2)17(22-18(24)16-6-5-11-27-16)19(25)21-12-14-7-9-15(10-8-14)20(26)23(3)4/h5-11,13,17H,12H2,1-4H3,(H,21,25)(H,22,24). The fraction of sp³-hybridized carbons (Fsp3) is 0.350. The van der Waals surface area contributed by atoms with Gasteiger partial charge in [-0.1, -0.05) is 32.0 Å². The van der Waals surface area contributed by atoms with Crippen LogP contribution >= 0.6 is 11.3 Å². The maximum Gasteiger partial charge on any atom is 0.262 e. The second-order valence-electron chi connectivity index (χ2n) is 6.79. The maximum absolute atomic E-state index is 12.5. The van der Waals surface area contributed by atoms with Gasteiger partial charge >= 0.3 is 0 Å². The second kappa shape index (κ2) is 9.32. The highest BCUT2D eigenvalue weighted by Gasteiger charge is 2.24. The minimum atomic E-state index is -0.616. The highest BCUT2D eigenvalue weighted by atomic mass is 32.1. The third-order valence-corrected chi connectivity index (χ3v) is 4.92. The van der Waals surface area contributed by atoms with Gasteiger partial charge in [-0.3, -0.25) is 14.4 Å². The summed E-state index contributed by atoms with van der Waals surface area (Å²) in [6, 6.07) is 10.0. The maximum atomic E-state index is 12.5. The van der Waals surface area contributed by atoms with E-state index in [0.717, 1.165) is 5.56 Å². The molecule has 1 atom stereocenters. The van der Waals surface area contributed by atoms with E-state index in [4.69, 9.17) is 0 Å². The first-order valence-electron chi connectivity index (χ1n) is 8.72. The molecule has 0 aliphatic heterocycles. The molecule has 0 saturated carbocycles. The Morgan fingerprint density at radius 2 is 1.74 bits per heavy atom. The average molecular weight is 388 g/mol. The highest BCUT2D eigenvalue weighted by molar-refractivity contribution is 7.12. The molecule has 6 nitrogen and oxygen atoms in total. The number of nitrogens with zero attached hydrogens (tertiary/aromatic N) is 1. The predicted octanol–water partition coefficient (Wildman–Crippen LogP) is 2.52. The lowest BCUT2D eigenvalue weighted by Crippen LogP contribution is -2.49. The first-order chi connectivity index (χ1) is 12.8. The number of carbonyl (C=O) groups is 3. The van der Waals surface area contributed by atoms with Crippen LogP contribution in [-0.4, -0.2) is 42.8 Å². The summed E-state index contributed by atoms with van der Waals surface area (Å²) in [6.07, 6.45) is 0. The van der Waals surface area contributed by atoms with Crippen LogP contribution in [0.4, 0.5) is 0 Å². The Morgan fingerprint density at radius 1 is 1.07 bits per heavy atom. The molecule has 0 spiro atoms. The average Bonchev–Trinajstić information content (AvgIpc) is 3.18. The Labute approximate surface area is 163 Å². The Balaban J connectivity index is 1.95. The summed E-state index contributed by atoms with van der Waals surface area (Å²) in [7, 11) is 3.40. The molecule has 0 fully saturated rings. The molecule has 2 rings (SSSR count). The van der Waals surface area contributed by atoms with Crippen LogP contribution in [0, 0.1) is 5.92 Å². The van der Waals surface area contributed by atoms with Crippen LogP contribution in [0.25, 0.3) is 0 Å². The van der Waals surface area contributed by atoms with Gasteiger partial charge < -0.3 is 15.5 Å². The van der Waals surface area contributed by atoms with E-state index in [1.165, 1.54) is 16.2 Å². The van der Waals surface area contributed by atoms with Gasteiger partial charge in [0.2, 0.25) is 5.91 Å². The van der Waals surface area contributed by atoms with Crippen molar-refractivity contribution in [1.29, 1.82) is 0 Å². The van der Waals surface area contributed by atoms with Crippen molar-refractivity contribution in [2.45, 2.75) is 26.4 Å². The normalized spacial score (nSPS) is 11.7. The van der Waals surface area contributed by atoms with E-state index in [9.17, 15) is 14.4 Å². The molecule has 0 aliphatic carbocycles. The molecule has 1 aromatic heterocycles. The number of thiophene rings is 1. The molecule has 1 aromatic carbocycles. The molecule has 3 amide bonds. The molecule has 27 heavy (non-hydrogen) atoms. The first-order valence-corrected chi connectivity index (χ1v) is 9.60. The van der Waals surface area contributed by atoms with Crippen LogP contribution in [0.2, 0.25) is 0 Å². The second-order valence-corrected chi connectivity index (χ2v) is 7.73. The SMILES string of the molecule is CC(C)C(NC(=O)c1cccs1)C(=O)NCc1ccc(C(=O)N(C)C)cc1. The third-order valence-electron chi connectivity index (χ3n) is 4.05. The molecule has 0 bridgehead atoms. The van der Waals surface area contributed by atoms with E-state index in [1.807, 2.05) is 31.4 Å². The molecule has 2 aromatic rings. The minimum Gasteiger partial charge on any atom is -0.350 e. The lowest BCUT2D eigenvalue weighted by atomic mass is 10.0. The van der Waals surface area contributed by atoms with E-state index in [0.29, 0.717) is 17.0 Å². The van der Waals surface area contributed by atoms with E-state index in [-0.39, 0.29) is 23.6 Å². The van der Waals surface area contributed by atoms with Crippen molar-refractivity contribution >= 4 is 29.1 Å². The number of amides is 3. The number of hydrogen-bond donors (Lipinski definition) is 2. The van der Waals surface area contributed by atoms with E-state index < -0.39 is 6.04 Å². The molecule has 144 valence electrons. The topological polar surface area (TPSA) is 78.5 Å². The summed E-state index contributed by atoms with van der Waals surface area (Å²) in [5.74, 6) is -0.593. The summed E-state index contributed by atoms with van der Waals surface area (Å²) in [6.45, 7) is 4.11. The summed E-state index contributed by atoms with van der Waals surface area (Å²) in [4.78, 5) is 38.8. The lowest BCUT2D eigenvalue weighted by Gasteiger charge is -2.21. The molecule has 0 radical (unpaired) electrons. The monoisotopic (exact) mass is 387 g/mol. The van der Waals surface area contributed by atoms with E-state index in [1.54, 1.807) is 38.4 Å². The number of benzene rings is 1. The Hall–Kier alpha value is -2.67. The smallest absolute Gasteiger partial charge is 0.262 e. The third kappa shape index (κ3) is 5.65. The van der Waals surface area contributed by atoms with Crippen LogP contribution in [0.5, 0.6) is 0 Å². The van der Waals surface area contributed by atoms with Crippen LogP contribution in [0.15, 0.2) is 41.8 Å². The van der Waals surface area contributed by atoms with Crippen molar-refractivity contribution in [3.63, 3.8) is 0 Å². The summed E-state index contributed by atoms with van der Waals surface area (Å²) >= 11 is 1.34. The zero-order valence-corrected chi connectivity index (χ0v) is 16.8. The number of hydrogen-bond acceptors (Lipinski definition) is 4. The van der Waals surface area contributed by atoms with Crippen molar-refractivity contribution < 1.29 is 14.4 Å². The van der Waals surface area contributed by atoms with Crippen molar-refractivity contribution in [3.05, 3.63) is 57.8 Å². The first kappa shape index (κ1) is 20.6. The lowest BCUT2D eigenvalue weighted by molar-refractivity contribution is -0.124. The van der Waals surface area contributed by atoms with Crippen LogP contribution in [0.3, 0.4) is 0 Å². The van der Waals surface area contributed by atoms with Gasteiger partial charge in [-0.15, -0.1) is 11.3 Å². The van der Waals surface area contributed by atoms with Gasteiger partial charge in [0.05, 0.1) is 4.88 Å². The fourth-order valence-corrected chi connectivity index (χ4v) is 3.10. The predicted molar refractivity (Wildman–Crippen MR) is 107 cm³/mol. The quantitative estimate of drug-likeness (QED) is 0.766. The molecule has 0 saturated heterocycles. The molecular weight excluding hydrogens is 362 g/mol. The van der Waals surface area contributed by atoms with E-state index in [2.05, 4.69) is 10.6 Å². The fourth-order valence-electron chi connectivity index (χ4n) is 2.48. The number of rotatable bonds is 7. The Bertz CT molecular complexity index is 783. The molecule has 1 heterocycles. The Morgan fingerprint density at radius 3 is 2.26 bits per heavy atom. The van der Waals surface area contributed by atoms with Crippen LogP contribution in [0.1, 0.15) is 39.4 Å². The van der Waals surface area contributed by atoms with Gasteiger partial charge in [-0.05, 0) is 35.1 Å². The van der Waals surface area contributed by atoms with Gasteiger partial charge in [0.15, 0.2) is 0 Å². The molecule has 7 heteroatoms. The van der Waals surface area contributed by atoms with Crippen molar-refractivity contribution in [3.8, 4) is 0 Å². The van der Waals surface area contributed by atoms with Crippen LogP contribution < -0.4 is 10.6 Å². The largest absolute Gasteiger partial charge is 0.350 e. The highest BCUT2D eigenvalue weighted by Crippen LogP contribution is 2.11. The van der Waals surface area contributed by atoms with Gasteiger partial charge in [0.1, 0.15) is 6.04 Å². The van der Waals surface area contributed by atoms with Gasteiger partial charge in [-0.25, -0.2) is 0 Å².